The Hall–Kier alpha value is -3.20. The van der Waals surface area contributed by atoms with Crippen molar-refractivity contribution in [1.29, 1.82) is 0 Å². The van der Waals surface area contributed by atoms with Gasteiger partial charge in [0.15, 0.2) is 11.0 Å². The molecule has 0 saturated carbocycles. The van der Waals surface area contributed by atoms with Gasteiger partial charge in [-0.3, -0.25) is 9.59 Å². The summed E-state index contributed by atoms with van der Waals surface area (Å²) in [5, 5.41) is 15.2. The Kier molecular flexibility index (Phi) is 8.81. The van der Waals surface area contributed by atoms with E-state index in [1.807, 2.05) is 56.5 Å². The zero-order chi connectivity index (χ0) is 24.7. The summed E-state index contributed by atoms with van der Waals surface area (Å²) in [7, 11) is 0. The van der Waals surface area contributed by atoms with Crippen LogP contribution in [0.5, 0.6) is 0 Å². The average molecular weight is 484 g/mol. The number of rotatable bonds is 10. The van der Waals surface area contributed by atoms with Gasteiger partial charge in [-0.25, -0.2) is 4.39 Å². The molecule has 2 N–H and O–H groups in total. The number of nitrogens with zero attached hydrogens (tertiary/aromatic N) is 3. The SMILES string of the molecule is CCc1ccccc1NC(=O)CSc1nnc([C@H](NC(=O)c2ccc(F)cc2)C(C)C)n1CC. The Balaban J connectivity index is 1.71. The van der Waals surface area contributed by atoms with Gasteiger partial charge in [-0.1, -0.05) is 50.7 Å². The molecule has 2 amide bonds. The average Bonchev–Trinajstić information content (AvgIpc) is 3.24. The molecule has 9 heteroatoms. The minimum Gasteiger partial charge on any atom is -0.342 e. The molecule has 0 aliphatic carbocycles. The number of halogens is 1. The van der Waals surface area contributed by atoms with E-state index in [1.54, 1.807) is 0 Å². The number of anilines is 1. The van der Waals surface area contributed by atoms with Crippen LogP contribution in [0, 0.1) is 11.7 Å². The van der Waals surface area contributed by atoms with E-state index in [-0.39, 0.29) is 23.5 Å². The number of hydrogen-bond donors (Lipinski definition) is 2. The normalized spacial score (nSPS) is 11.9. The van der Waals surface area contributed by atoms with E-state index in [0.29, 0.717) is 23.1 Å². The lowest BCUT2D eigenvalue weighted by Gasteiger charge is -2.22. The molecule has 0 radical (unpaired) electrons. The number of benzene rings is 2. The molecular weight excluding hydrogens is 453 g/mol. The molecule has 1 atom stereocenters. The molecule has 0 saturated heterocycles. The van der Waals surface area contributed by atoms with Crippen LogP contribution in [0.4, 0.5) is 10.1 Å². The van der Waals surface area contributed by atoms with E-state index < -0.39 is 11.9 Å². The number of carbonyl (C=O) groups excluding carboxylic acids is 2. The van der Waals surface area contributed by atoms with Crippen LogP contribution >= 0.6 is 11.8 Å². The third-order valence-corrected chi connectivity index (χ3v) is 6.37. The van der Waals surface area contributed by atoms with Crippen molar-refractivity contribution in [3.05, 3.63) is 71.3 Å². The molecule has 0 spiro atoms. The van der Waals surface area contributed by atoms with Gasteiger partial charge in [0.25, 0.3) is 5.91 Å². The number of amides is 2. The molecule has 34 heavy (non-hydrogen) atoms. The summed E-state index contributed by atoms with van der Waals surface area (Å²) in [6, 6.07) is 12.7. The van der Waals surface area contributed by atoms with E-state index >= 15 is 0 Å². The molecule has 0 fully saturated rings. The van der Waals surface area contributed by atoms with Gasteiger partial charge in [0.2, 0.25) is 5.91 Å². The summed E-state index contributed by atoms with van der Waals surface area (Å²) in [6.45, 7) is 8.56. The molecule has 2 aromatic carbocycles. The van der Waals surface area contributed by atoms with Gasteiger partial charge < -0.3 is 15.2 Å². The van der Waals surface area contributed by atoms with Crippen molar-refractivity contribution in [2.45, 2.75) is 51.9 Å². The molecule has 0 unspecified atom stereocenters. The number of carbonyl (C=O) groups is 2. The lowest BCUT2D eigenvalue weighted by atomic mass is 10.0. The van der Waals surface area contributed by atoms with Gasteiger partial charge in [-0.2, -0.15) is 0 Å². The van der Waals surface area contributed by atoms with Crippen LogP contribution in [0.15, 0.2) is 53.7 Å². The first-order chi connectivity index (χ1) is 16.3. The first-order valence-corrected chi connectivity index (χ1v) is 12.3. The van der Waals surface area contributed by atoms with E-state index in [4.69, 9.17) is 0 Å². The maximum Gasteiger partial charge on any atom is 0.251 e. The number of nitrogens with one attached hydrogen (secondary N) is 2. The topological polar surface area (TPSA) is 88.9 Å². The molecule has 0 bridgehead atoms. The summed E-state index contributed by atoms with van der Waals surface area (Å²) in [5.41, 5.74) is 2.27. The van der Waals surface area contributed by atoms with Crippen molar-refractivity contribution in [3.63, 3.8) is 0 Å². The third kappa shape index (κ3) is 6.22. The highest BCUT2D eigenvalue weighted by atomic mass is 32.2. The zero-order valence-corrected chi connectivity index (χ0v) is 20.7. The highest BCUT2D eigenvalue weighted by Gasteiger charge is 2.26. The van der Waals surface area contributed by atoms with E-state index in [0.717, 1.165) is 17.7 Å². The van der Waals surface area contributed by atoms with Gasteiger partial charge in [0.1, 0.15) is 5.82 Å². The fourth-order valence-electron chi connectivity index (χ4n) is 3.56. The minimum atomic E-state index is -0.399. The summed E-state index contributed by atoms with van der Waals surface area (Å²) in [5.74, 6) is 0.00444. The second-order valence-electron chi connectivity index (χ2n) is 8.13. The highest BCUT2D eigenvalue weighted by molar-refractivity contribution is 7.99. The molecule has 1 aromatic heterocycles. The van der Waals surface area contributed by atoms with Crippen LogP contribution in [0.1, 0.15) is 55.5 Å². The van der Waals surface area contributed by atoms with Gasteiger partial charge in [0.05, 0.1) is 11.8 Å². The maximum absolute atomic E-state index is 13.2. The van der Waals surface area contributed by atoms with Crippen LogP contribution in [-0.4, -0.2) is 32.3 Å². The molecule has 3 aromatic rings. The predicted molar refractivity (Wildman–Crippen MR) is 132 cm³/mol. The lowest BCUT2D eigenvalue weighted by Crippen LogP contribution is -2.33. The molecule has 0 aliphatic rings. The second-order valence-corrected chi connectivity index (χ2v) is 9.08. The minimum absolute atomic E-state index is 0.0330. The molecule has 7 nitrogen and oxygen atoms in total. The van der Waals surface area contributed by atoms with Crippen molar-refractivity contribution in [2.24, 2.45) is 5.92 Å². The molecule has 1 heterocycles. The zero-order valence-electron chi connectivity index (χ0n) is 19.8. The van der Waals surface area contributed by atoms with Crippen molar-refractivity contribution >= 4 is 29.3 Å². The van der Waals surface area contributed by atoms with Gasteiger partial charge in [-0.15, -0.1) is 10.2 Å². The number of hydrogen-bond acceptors (Lipinski definition) is 5. The Morgan fingerprint density at radius 1 is 1.06 bits per heavy atom. The van der Waals surface area contributed by atoms with Gasteiger partial charge >= 0.3 is 0 Å². The van der Waals surface area contributed by atoms with Crippen LogP contribution < -0.4 is 10.6 Å². The smallest absolute Gasteiger partial charge is 0.251 e. The fourth-order valence-corrected chi connectivity index (χ4v) is 4.37. The highest BCUT2D eigenvalue weighted by Crippen LogP contribution is 2.26. The summed E-state index contributed by atoms with van der Waals surface area (Å²) in [6.07, 6.45) is 0.831. The van der Waals surface area contributed by atoms with Gasteiger partial charge in [-0.05, 0) is 55.2 Å². The summed E-state index contributed by atoms with van der Waals surface area (Å²) < 4.78 is 15.1. The summed E-state index contributed by atoms with van der Waals surface area (Å²) >= 11 is 1.30. The van der Waals surface area contributed by atoms with Crippen molar-refractivity contribution in [3.8, 4) is 0 Å². The monoisotopic (exact) mass is 483 g/mol. The van der Waals surface area contributed by atoms with Gasteiger partial charge in [0, 0.05) is 17.8 Å². The van der Waals surface area contributed by atoms with Crippen LogP contribution in [-0.2, 0) is 17.8 Å². The number of aromatic nitrogens is 3. The van der Waals surface area contributed by atoms with E-state index in [1.165, 1.54) is 36.0 Å². The second kappa shape index (κ2) is 11.8. The standard InChI is InChI=1S/C25H30FN5O2S/c1-5-17-9-7-8-10-20(17)27-21(32)15-34-25-30-29-23(31(25)6-2)22(16(3)4)28-24(33)18-11-13-19(26)14-12-18/h7-14,16,22H,5-6,15H2,1-4H3,(H,27,32)(H,28,33)/t22-/m1/s1. The fraction of sp³-hybridized carbons (Fsp3) is 0.360. The number of thioether (sulfide) groups is 1. The summed E-state index contributed by atoms with van der Waals surface area (Å²) in [4.78, 5) is 25.3. The molecular formula is C25H30FN5O2S. The number of para-hydroxylation sites is 1. The Labute approximate surface area is 203 Å². The first-order valence-electron chi connectivity index (χ1n) is 11.3. The largest absolute Gasteiger partial charge is 0.342 e. The maximum atomic E-state index is 13.2. The van der Waals surface area contributed by atoms with Crippen LogP contribution in [0.25, 0.3) is 0 Å². The van der Waals surface area contributed by atoms with E-state index in [2.05, 4.69) is 20.8 Å². The predicted octanol–water partition coefficient (Wildman–Crippen LogP) is 4.86. The number of aryl methyl sites for hydroxylation is 1. The molecule has 3 rings (SSSR count). The molecule has 180 valence electrons. The van der Waals surface area contributed by atoms with E-state index in [9.17, 15) is 14.0 Å². The van der Waals surface area contributed by atoms with Crippen molar-refractivity contribution < 1.29 is 14.0 Å². The molecule has 0 aliphatic heterocycles. The van der Waals surface area contributed by atoms with Crippen LogP contribution in [0.3, 0.4) is 0 Å². The lowest BCUT2D eigenvalue weighted by molar-refractivity contribution is -0.113. The van der Waals surface area contributed by atoms with Crippen molar-refractivity contribution in [2.75, 3.05) is 11.1 Å². The Bertz CT molecular complexity index is 1130. The Morgan fingerprint density at radius 2 is 1.76 bits per heavy atom. The Morgan fingerprint density at radius 3 is 2.41 bits per heavy atom. The van der Waals surface area contributed by atoms with Crippen LogP contribution in [0.2, 0.25) is 0 Å². The first kappa shape index (κ1) is 25.4. The quantitative estimate of drug-likeness (QED) is 0.402. The third-order valence-electron chi connectivity index (χ3n) is 5.40. The van der Waals surface area contributed by atoms with Crippen molar-refractivity contribution in [1.82, 2.24) is 20.1 Å².